The standard InChI is InChI=1S/C9H13N5S2/c1-2-3-14-6-11-4-7(14)5-15-9-13-12-8(10)16-9/h4,6H,2-3,5H2,1H3,(H2,10,12). The van der Waals surface area contributed by atoms with Gasteiger partial charge in [-0.15, -0.1) is 10.2 Å². The van der Waals surface area contributed by atoms with Crippen LogP contribution in [0.1, 0.15) is 19.0 Å². The Bertz CT molecular complexity index is 450. The minimum Gasteiger partial charge on any atom is -0.374 e. The molecule has 0 bridgehead atoms. The molecule has 0 saturated heterocycles. The van der Waals surface area contributed by atoms with Gasteiger partial charge < -0.3 is 10.3 Å². The molecule has 2 aromatic heterocycles. The van der Waals surface area contributed by atoms with Crippen LogP contribution in [0.25, 0.3) is 0 Å². The van der Waals surface area contributed by atoms with E-state index in [1.165, 1.54) is 17.0 Å². The fourth-order valence-electron chi connectivity index (χ4n) is 1.32. The van der Waals surface area contributed by atoms with E-state index in [1.54, 1.807) is 11.8 Å². The molecule has 0 atom stereocenters. The molecule has 0 aliphatic carbocycles. The van der Waals surface area contributed by atoms with Crippen molar-refractivity contribution in [3.63, 3.8) is 0 Å². The van der Waals surface area contributed by atoms with Gasteiger partial charge >= 0.3 is 0 Å². The Kier molecular flexibility index (Phi) is 3.79. The van der Waals surface area contributed by atoms with Crippen molar-refractivity contribution in [2.75, 3.05) is 5.73 Å². The van der Waals surface area contributed by atoms with Gasteiger partial charge in [0.15, 0.2) is 4.34 Å². The topological polar surface area (TPSA) is 69.6 Å². The normalized spacial score (nSPS) is 10.8. The average molecular weight is 255 g/mol. The second-order valence-electron chi connectivity index (χ2n) is 3.27. The third-order valence-corrected chi connectivity index (χ3v) is 3.95. The van der Waals surface area contributed by atoms with Crippen molar-refractivity contribution in [3.05, 3.63) is 18.2 Å². The molecule has 0 aliphatic heterocycles. The molecule has 0 fully saturated rings. The summed E-state index contributed by atoms with van der Waals surface area (Å²) in [5, 5.41) is 8.26. The van der Waals surface area contributed by atoms with Crippen molar-refractivity contribution >= 4 is 28.2 Å². The lowest BCUT2D eigenvalue weighted by Gasteiger charge is -2.04. The van der Waals surface area contributed by atoms with E-state index in [0.717, 1.165) is 23.1 Å². The molecule has 0 saturated carbocycles. The number of anilines is 1. The summed E-state index contributed by atoms with van der Waals surface area (Å²) in [5.41, 5.74) is 6.73. The summed E-state index contributed by atoms with van der Waals surface area (Å²) in [4.78, 5) is 4.15. The van der Waals surface area contributed by atoms with Crippen molar-refractivity contribution in [2.24, 2.45) is 0 Å². The van der Waals surface area contributed by atoms with Gasteiger partial charge in [-0.2, -0.15) is 0 Å². The van der Waals surface area contributed by atoms with Crippen LogP contribution >= 0.6 is 23.1 Å². The van der Waals surface area contributed by atoms with Gasteiger partial charge in [-0.25, -0.2) is 4.98 Å². The SMILES string of the molecule is CCCn1cncc1CSc1nnc(N)s1. The third kappa shape index (κ3) is 2.73. The van der Waals surface area contributed by atoms with Crippen LogP contribution in [0.15, 0.2) is 16.9 Å². The number of nitrogen functional groups attached to an aromatic ring is 1. The third-order valence-electron chi connectivity index (χ3n) is 2.03. The zero-order valence-electron chi connectivity index (χ0n) is 8.96. The summed E-state index contributed by atoms with van der Waals surface area (Å²) in [6.07, 6.45) is 4.88. The summed E-state index contributed by atoms with van der Waals surface area (Å²) in [6.45, 7) is 3.16. The molecule has 2 aromatic rings. The van der Waals surface area contributed by atoms with E-state index in [2.05, 4.69) is 26.7 Å². The summed E-state index contributed by atoms with van der Waals surface area (Å²) >= 11 is 3.06. The van der Waals surface area contributed by atoms with Crippen LogP contribution in [-0.2, 0) is 12.3 Å². The van der Waals surface area contributed by atoms with Crippen LogP contribution in [-0.4, -0.2) is 19.7 Å². The van der Waals surface area contributed by atoms with Crippen molar-refractivity contribution in [1.29, 1.82) is 0 Å². The second kappa shape index (κ2) is 5.31. The largest absolute Gasteiger partial charge is 0.374 e. The summed E-state index contributed by atoms with van der Waals surface area (Å²) < 4.78 is 3.07. The fourth-order valence-corrected chi connectivity index (χ4v) is 2.95. The van der Waals surface area contributed by atoms with Gasteiger partial charge in [0.1, 0.15) is 0 Å². The van der Waals surface area contributed by atoms with Crippen LogP contribution in [0.4, 0.5) is 5.13 Å². The predicted octanol–water partition coefficient (Wildman–Crippen LogP) is 2.02. The van der Waals surface area contributed by atoms with E-state index < -0.39 is 0 Å². The Morgan fingerprint density at radius 3 is 3.06 bits per heavy atom. The van der Waals surface area contributed by atoms with E-state index in [9.17, 15) is 0 Å². The van der Waals surface area contributed by atoms with Crippen LogP contribution in [0.2, 0.25) is 0 Å². The lowest BCUT2D eigenvalue weighted by Crippen LogP contribution is -1.99. The molecule has 0 amide bonds. The van der Waals surface area contributed by atoms with E-state index in [1.807, 2.05) is 12.5 Å². The average Bonchev–Trinajstić information content (AvgIpc) is 2.85. The fraction of sp³-hybridized carbons (Fsp3) is 0.444. The second-order valence-corrected chi connectivity index (χ2v) is 5.50. The Morgan fingerprint density at radius 2 is 2.38 bits per heavy atom. The van der Waals surface area contributed by atoms with Gasteiger partial charge in [-0.1, -0.05) is 30.0 Å². The Labute approximate surface area is 102 Å². The maximum absolute atomic E-state index is 5.52. The van der Waals surface area contributed by atoms with Gasteiger partial charge in [0.05, 0.1) is 6.33 Å². The molecule has 5 nitrogen and oxygen atoms in total. The monoisotopic (exact) mass is 255 g/mol. The predicted molar refractivity (Wildman–Crippen MR) is 66.4 cm³/mol. The molecule has 0 spiro atoms. The van der Waals surface area contributed by atoms with E-state index in [0.29, 0.717) is 5.13 Å². The molecule has 0 aliphatic rings. The van der Waals surface area contributed by atoms with Crippen LogP contribution in [0.3, 0.4) is 0 Å². The zero-order chi connectivity index (χ0) is 11.4. The van der Waals surface area contributed by atoms with Crippen LogP contribution in [0, 0.1) is 0 Å². The van der Waals surface area contributed by atoms with Crippen molar-refractivity contribution < 1.29 is 0 Å². The first kappa shape index (κ1) is 11.4. The molecule has 7 heteroatoms. The molecule has 0 unspecified atom stereocenters. The number of imidazole rings is 1. The zero-order valence-corrected chi connectivity index (χ0v) is 10.6. The summed E-state index contributed by atoms with van der Waals surface area (Å²) in [5.74, 6) is 0.856. The molecule has 86 valence electrons. The maximum Gasteiger partial charge on any atom is 0.203 e. The number of rotatable bonds is 5. The van der Waals surface area contributed by atoms with E-state index in [-0.39, 0.29) is 0 Å². The minimum atomic E-state index is 0.518. The molecule has 0 aromatic carbocycles. The highest BCUT2D eigenvalue weighted by Gasteiger charge is 2.05. The molecule has 2 heterocycles. The number of nitrogens with two attached hydrogens (primary N) is 1. The Hall–Kier alpha value is -1.08. The summed E-state index contributed by atoms with van der Waals surface area (Å²) in [6, 6.07) is 0. The quantitative estimate of drug-likeness (QED) is 0.828. The first-order valence-electron chi connectivity index (χ1n) is 5.00. The van der Waals surface area contributed by atoms with Gasteiger partial charge in [0.25, 0.3) is 0 Å². The lowest BCUT2D eigenvalue weighted by atomic mass is 10.4. The molecular formula is C9H13N5S2. The van der Waals surface area contributed by atoms with Crippen LogP contribution < -0.4 is 5.73 Å². The number of aromatic nitrogens is 4. The van der Waals surface area contributed by atoms with Crippen molar-refractivity contribution in [3.8, 4) is 0 Å². The number of nitrogens with zero attached hydrogens (tertiary/aromatic N) is 4. The highest BCUT2D eigenvalue weighted by Crippen LogP contribution is 2.26. The lowest BCUT2D eigenvalue weighted by molar-refractivity contribution is 0.659. The van der Waals surface area contributed by atoms with E-state index >= 15 is 0 Å². The van der Waals surface area contributed by atoms with Gasteiger partial charge in [0, 0.05) is 24.2 Å². The Balaban J connectivity index is 1.96. The number of hydrogen-bond donors (Lipinski definition) is 1. The molecule has 16 heavy (non-hydrogen) atoms. The number of hydrogen-bond acceptors (Lipinski definition) is 6. The molecule has 0 radical (unpaired) electrons. The molecule has 2 rings (SSSR count). The van der Waals surface area contributed by atoms with Crippen molar-refractivity contribution in [1.82, 2.24) is 19.7 Å². The summed E-state index contributed by atoms with van der Waals surface area (Å²) in [7, 11) is 0. The Morgan fingerprint density at radius 1 is 1.50 bits per heavy atom. The van der Waals surface area contributed by atoms with Gasteiger partial charge in [-0.3, -0.25) is 0 Å². The molecular weight excluding hydrogens is 242 g/mol. The minimum absolute atomic E-state index is 0.518. The smallest absolute Gasteiger partial charge is 0.203 e. The number of thioether (sulfide) groups is 1. The molecule has 2 N–H and O–H groups in total. The van der Waals surface area contributed by atoms with Crippen molar-refractivity contribution in [2.45, 2.75) is 30.0 Å². The van der Waals surface area contributed by atoms with Gasteiger partial charge in [-0.05, 0) is 6.42 Å². The maximum atomic E-state index is 5.52. The highest BCUT2D eigenvalue weighted by molar-refractivity contribution is 8.00. The van der Waals surface area contributed by atoms with Gasteiger partial charge in [0.2, 0.25) is 5.13 Å². The first-order chi connectivity index (χ1) is 7.79. The first-order valence-corrected chi connectivity index (χ1v) is 6.80. The number of aryl methyl sites for hydroxylation is 1. The van der Waals surface area contributed by atoms with Crippen LogP contribution in [0.5, 0.6) is 0 Å². The van der Waals surface area contributed by atoms with E-state index in [4.69, 9.17) is 5.73 Å². The highest BCUT2D eigenvalue weighted by atomic mass is 32.2.